The maximum absolute atomic E-state index is 6.00. The molecule has 2 unspecified atom stereocenters. The van der Waals surface area contributed by atoms with Crippen molar-refractivity contribution >= 4 is 0 Å². The summed E-state index contributed by atoms with van der Waals surface area (Å²) in [6.07, 6.45) is 3.88. The Morgan fingerprint density at radius 3 is 1.82 bits per heavy atom. The van der Waals surface area contributed by atoms with Gasteiger partial charge < -0.3 is 15.2 Å². The molecule has 0 spiro atoms. The van der Waals surface area contributed by atoms with Crippen LogP contribution < -0.4 is 5.73 Å². The van der Waals surface area contributed by atoms with Gasteiger partial charge in [0.05, 0.1) is 17.8 Å². The summed E-state index contributed by atoms with van der Waals surface area (Å²) in [6.45, 7) is 12.8. The zero-order valence-corrected chi connectivity index (χ0v) is 12.3. The monoisotopic (exact) mass is 245 g/mol. The number of rotatable bonds is 10. The maximum atomic E-state index is 6.00. The molecule has 0 heterocycles. The normalized spacial score (nSPS) is 18.7. The molecule has 0 amide bonds. The van der Waals surface area contributed by atoms with Crippen LogP contribution >= 0.6 is 0 Å². The topological polar surface area (TPSA) is 44.5 Å². The quantitative estimate of drug-likeness (QED) is 0.643. The van der Waals surface area contributed by atoms with Gasteiger partial charge in [-0.2, -0.15) is 0 Å². The van der Waals surface area contributed by atoms with Crippen LogP contribution in [-0.2, 0) is 9.47 Å². The van der Waals surface area contributed by atoms with Crippen molar-refractivity contribution in [2.45, 2.75) is 71.5 Å². The van der Waals surface area contributed by atoms with Crippen molar-refractivity contribution in [3.63, 3.8) is 0 Å². The van der Waals surface area contributed by atoms with Crippen LogP contribution in [-0.4, -0.2) is 31.0 Å². The Bertz CT molecular complexity index is 179. The second-order valence-corrected chi connectivity index (χ2v) is 5.18. The number of hydrogen-bond acceptors (Lipinski definition) is 3. The van der Waals surface area contributed by atoms with Gasteiger partial charge in [0.1, 0.15) is 0 Å². The third-order valence-corrected chi connectivity index (χ3v) is 3.74. The van der Waals surface area contributed by atoms with E-state index in [-0.39, 0.29) is 11.2 Å². The smallest absolute Gasteiger partial charge is 0.0673 e. The Morgan fingerprint density at radius 2 is 1.41 bits per heavy atom. The van der Waals surface area contributed by atoms with Gasteiger partial charge in [-0.25, -0.2) is 0 Å². The van der Waals surface area contributed by atoms with E-state index < -0.39 is 0 Å². The second-order valence-electron chi connectivity index (χ2n) is 5.18. The van der Waals surface area contributed by atoms with Gasteiger partial charge in [-0.3, -0.25) is 0 Å². The van der Waals surface area contributed by atoms with Crippen molar-refractivity contribution in [1.29, 1.82) is 0 Å². The maximum Gasteiger partial charge on any atom is 0.0673 e. The Kier molecular flexibility index (Phi) is 8.01. The minimum Gasteiger partial charge on any atom is -0.375 e. The molecule has 0 saturated carbocycles. The summed E-state index contributed by atoms with van der Waals surface area (Å²) in [6, 6.07) is 0. The lowest BCUT2D eigenvalue weighted by Gasteiger charge is -2.32. The average Bonchev–Trinajstić information content (AvgIpc) is 2.30. The van der Waals surface area contributed by atoms with Crippen LogP contribution in [0.2, 0.25) is 0 Å². The van der Waals surface area contributed by atoms with Crippen LogP contribution in [0, 0.1) is 0 Å². The second kappa shape index (κ2) is 8.06. The third kappa shape index (κ3) is 6.39. The highest BCUT2D eigenvalue weighted by molar-refractivity contribution is 4.77. The van der Waals surface area contributed by atoms with Gasteiger partial charge in [0, 0.05) is 6.61 Å². The lowest BCUT2D eigenvalue weighted by atomic mass is 9.97. The number of ether oxygens (including phenoxy) is 2. The van der Waals surface area contributed by atoms with Crippen molar-refractivity contribution in [3.8, 4) is 0 Å². The van der Waals surface area contributed by atoms with E-state index in [9.17, 15) is 0 Å². The summed E-state index contributed by atoms with van der Waals surface area (Å²) in [7, 11) is 0. The first kappa shape index (κ1) is 16.9. The van der Waals surface area contributed by atoms with E-state index >= 15 is 0 Å². The van der Waals surface area contributed by atoms with E-state index in [1.807, 2.05) is 6.92 Å². The van der Waals surface area contributed by atoms with E-state index in [1.54, 1.807) is 0 Å². The Labute approximate surface area is 107 Å². The van der Waals surface area contributed by atoms with Gasteiger partial charge in [0.2, 0.25) is 0 Å². The molecule has 2 atom stereocenters. The Balaban J connectivity index is 4.10. The van der Waals surface area contributed by atoms with Crippen LogP contribution in [0.1, 0.15) is 60.3 Å². The van der Waals surface area contributed by atoms with Crippen molar-refractivity contribution in [1.82, 2.24) is 0 Å². The van der Waals surface area contributed by atoms with Gasteiger partial charge in [-0.05, 0) is 53.0 Å². The lowest BCUT2D eigenvalue weighted by Crippen LogP contribution is -2.35. The van der Waals surface area contributed by atoms with Crippen LogP contribution in [0.4, 0.5) is 0 Å². The molecular weight excluding hydrogens is 214 g/mol. The molecule has 3 nitrogen and oxygen atoms in total. The molecule has 0 radical (unpaired) electrons. The molecule has 0 aromatic carbocycles. The van der Waals surface area contributed by atoms with Gasteiger partial charge in [0.15, 0.2) is 0 Å². The largest absolute Gasteiger partial charge is 0.375 e. The molecule has 0 aromatic rings. The van der Waals surface area contributed by atoms with Gasteiger partial charge in [-0.15, -0.1) is 0 Å². The highest BCUT2D eigenvalue weighted by atomic mass is 16.5. The van der Waals surface area contributed by atoms with Crippen molar-refractivity contribution in [2.24, 2.45) is 5.73 Å². The summed E-state index contributed by atoms with van der Waals surface area (Å²) >= 11 is 0. The molecule has 0 aliphatic rings. The lowest BCUT2D eigenvalue weighted by molar-refractivity contribution is -0.0868. The van der Waals surface area contributed by atoms with E-state index in [0.29, 0.717) is 6.54 Å². The summed E-state index contributed by atoms with van der Waals surface area (Å²) < 4.78 is 11.8. The van der Waals surface area contributed by atoms with Crippen LogP contribution in [0.3, 0.4) is 0 Å². The first-order valence-electron chi connectivity index (χ1n) is 6.93. The Morgan fingerprint density at radius 1 is 0.882 bits per heavy atom. The van der Waals surface area contributed by atoms with E-state index in [4.69, 9.17) is 15.2 Å². The molecule has 0 aliphatic carbocycles. The first-order chi connectivity index (χ1) is 7.95. The van der Waals surface area contributed by atoms with E-state index in [0.717, 1.165) is 38.9 Å². The summed E-state index contributed by atoms with van der Waals surface area (Å²) in [5.41, 5.74) is 5.49. The minimum atomic E-state index is -0.0738. The highest BCUT2D eigenvalue weighted by Gasteiger charge is 2.26. The molecule has 17 heavy (non-hydrogen) atoms. The fraction of sp³-hybridized carbons (Fsp3) is 1.00. The molecule has 0 saturated heterocycles. The van der Waals surface area contributed by atoms with Crippen molar-refractivity contribution in [2.75, 3.05) is 19.8 Å². The number of nitrogens with two attached hydrogens (primary N) is 1. The summed E-state index contributed by atoms with van der Waals surface area (Å²) in [5.74, 6) is 0. The van der Waals surface area contributed by atoms with Crippen molar-refractivity contribution < 1.29 is 9.47 Å². The first-order valence-corrected chi connectivity index (χ1v) is 6.93. The molecule has 0 aromatic heterocycles. The Hall–Kier alpha value is -0.120. The van der Waals surface area contributed by atoms with Gasteiger partial charge in [0.25, 0.3) is 0 Å². The zero-order chi connectivity index (χ0) is 13.4. The van der Waals surface area contributed by atoms with Crippen LogP contribution in [0.5, 0.6) is 0 Å². The van der Waals surface area contributed by atoms with Crippen LogP contribution in [0.15, 0.2) is 0 Å². The van der Waals surface area contributed by atoms with E-state index in [1.165, 1.54) is 0 Å². The number of hydrogen-bond donors (Lipinski definition) is 1. The molecular formula is C14H31NO2. The standard InChI is InChI=1S/C14H31NO2/c1-6-13(4,9-11-15)17-12-10-14(5,7-2)16-8-3/h6-12,15H2,1-5H3. The van der Waals surface area contributed by atoms with Crippen LogP contribution in [0.25, 0.3) is 0 Å². The zero-order valence-electron chi connectivity index (χ0n) is 12.3. The van der Waals surface area contributed by atoms with Gasteiger partial charge in [-0.1, -0.05) is 13.8 Å². The fourth-order valence-electron chi connectivity index (χ4n) is 1.87. The molecule has 2 N–H and O–H groups in total. The van der Waals surface area contributed by atoms with Gasteiger partial charge >= 0.3 is 0 Å². The summed E-state index contributed by atoms with van der Waals surface area (Å²) in [4.78, 5) is 0. The molecule has 0 aliphatic heterocycles. The fourth-order valence-corrected chi connectivity index (χ4v) is 1.87. The average molecular weight is 245 g/mol. The third-order valence-electron chi connectivity index (χ3n) is 3.74. The minimum absolute atomic E-state index is 0.0495. The predicted molar refractivity (Wildman–Crippen MR) is 73.3 cm³/mol. The predicted octanol–water partition coefficient (Wildman–Crippen LogP) is 3.12. The molecule has 0 bridgehead atoms. The SMILES string of the molecule is CCOC(C)(CC)CCOC(C)(CC)CCN. The molecule has 3 heteroatoms. The molecule has 0 fully saturated rings. The van der Waals surface area contributed by atoms with Crippen molar-refractivity contribution in [3.05, 3.63) is 0 Å². The molecule has 104 valence electrons. The van der Waals surface area contributed by atoms with E-state index in [2.05, 4.69) is 27.7 Å². The highest BCUT2D eigenvalue weighted by Crippen LogP contribution is 2.24. The molecule has 0 rings (SSSR count). The summed E-state index contributed by atoms with van der Waals surface area (Å²) in [5, 5.41) is 0.